The van der Waals surface area contributed by atoms with Crippen LogP contribution in [0.15, 0.2) is 48.5 Å². The molecule has 1 aliphatic heterocycles. The van der Waals surface area contributed by atoms with Crippen molar-refractivity contribution in [1.29, 1.82) is 0 Å². The van der Waals surface area contributed by atoms with Crippen molar-refractivity contribution in [3.63, 3.8) is 0 Å². The second-order valence-electron chi connectivity index (χ2n) is 7.76. The Kier molecular flexibility index (Phi) is 6.50. The molecule has 0 bridgehead atoms. The lowest BCUT2D eigenvalue weighted by molar-refractivity contribution is -0.137. The van der Waals surface area contributed by atoms with Crippen molar-refractivity contribution < 1.29 is 9.59 Å². The number of benzene rings is 2. The maximum atomic E-state index is 12.7. The first-order valence-corrected chi connectivity index (χ1v) is 10.2. The number of piperidine rings is 1. The number of nitrogens with one attached hydrogen (secondary N) is 1. The molecule has 28 heavy (non-hydrogen) atoms. The second kappa shape index (κ2) is 9.05. The first-order chi connectivity index (χ1) is 13.5. The van der Waals surface area contributed by atoms with Crippen LogP contribution in [0.1, 0.15) is 55.0 Å². The average Bonchev–Trinajstić information content (AvgIpc) is 2.71. The highest BCUT2D eigenvalue weighted by atomic mass is 16.2. The summed E-state index contributed by atoms with van der Waals surface area (Å²) in [6.45, 7) is 6.79. The van der Waals surface area contributed by atoms with Crippen LogP contribution >= 0.6 is 0 Å². The minimum Gasteiger partial charge on any atom is -0.352 e. The largest absolute Gasteiger partial charge is 0.352 e. The molecule has 1 fully saturated rings. The predicted octanol–water partition coefficient (Wildman–Crippen LogP) is 4.17. The third kappa shape index (κ3) is 4.80. The summed E-state index contributed by atoms with van der Waals surface area (Å²) in [5.74, 6) is -0.0897. The maximum absolute atomic E-state index is 12.7. The fourth-order valence-corrected chi connectivity index (χ4v) is 4.01. The Hall–Kier alpha value is -2.62. The van der Waals surface area contributed by atoms with Crippen molar-refractivity contribution in [2.24, 2.45) is 5.92 Å². The van der Waals surface area contributed by atoms with Crippen LogP contribution < -0.4 is 5.32 Å². The van der Waals surface area contributed by atoms with Gasteiger partial charge in [-0.2, -0.15) is 0 Å². The van der Waals surface area contributed by atoms with Gasteiger partial charge in [-0.1, -0.05) is 61.0 Å². The molecule has 1 N–H and O–H groups in total. The average molecular weight is 379 g/mol. The first kappa shape index (κ1) is 20.1. The highest BCUT2D eigenvalue weighted by molar-refractivity contribution is 5.81. The van der Waals surface area contributed by atoms with Gasteiger partial charge in [0.2, 0.25) is 11.8 Å². The van der Waals surface area contributed by atoms with Crippen LogP contribution in [0.25, 0.3) is 0 Å². The zero-order chi connectivity index (χ0) is 20.1. The number of likely N-dealkylation sites (tertiary alicyclic amines) is 1. The lowest BCUT2D eigenvalue weighted by Gasteiger charge is -2.39. The molecule has 0 saturated carbocycles. The van der Waals surface area contributed by atoms with E-state index >= 15 is 0 Å². The van der Waals surface area contributed by atoms with E-state index < -0.39 is 0 Å². The van der Waals surface area contributed by atoms with Crippen molar-refractivity contribution >= 4 is 11.8 Å². The Morgan fingerprint density at radius 2 is 1.82 bits per heavy atom. The number of hydrogen-bond acceptors (Lipinski definition) is 2. The van der Waals surface area contributed by atoms with E-state index in [4.69, 9.17) is 0 Å². The summed E-state index contributed by atoms with van der Waals surface area (Å²) in [6, 6.07) is 16.7. The van der Waals surface area contributed by atoms with Crippen molar-refractivity contribution in [2.75, 3.05) is 6.54 Å². The fourth-order valence-electron chi connectivity index (χ4n) is 4.01. The van der Waals surface area contributed by atoms with Gasteiger partial charge in [-0.05, 0) is 42.9 Å². The molecule has 0 unspecified atom stereocenters. The third-order valence-corrected chi connectivity index (χ3v) is 5.68. The molecule has 2 aromatic rings. The molecule has 1 saturated heterocycles. The van der Waals surface area contributed by atoms with Crippen LogP contribution in [-0.2, 0) is 22.6 Å². The SMILES string of the molecule is CCc1ccc([C@H]2CC[C@@H](C(=O)NCc3cccc(C)c3)CN2C(C)=O)cc1. The minimum atomic E-state index is -0.153. The fraction of sp³-hybridized carbons (Fsp3) is 0.417. The van der Waals surface area contributed by atoms with E-state index in [1.165, 1.54) is 11.1 Å². The molecule has 148 valence electrons. The van der Waals surface area contributed by atoms with Gasteiger partial charge in [0.05, 0.1) is 12.0 Å². The van der Waals surface area contributed by atoms with Gasteiger partial charge in [-0.25, -0.2) is 0 Å². The van der Waals surface area contributed by atoms with Crippen LogP contribution in [0.3, 0.4) is 0 Å². The topological polar surface area (TPSA) is 49.4 Å². The van der Waals surface area contributed by atoms with Gasteiger partial charge in [-0.3, -0.25) is 9.59 Å². The summed E-state index contributed by atoms with van der Waals surface area (Å²) in [7, 11) is 0. The summed E-state index contributed by atoms with van der Waals surface area (Å²) in [4.78, 5) is 26.8. The van der Waals surface area contributed by atoms with E-state index in [9.17, 15) is 9.59 Å². The lowest BCUT2D eigenvalue weighted by Crippen LogP contribution is -2.46. The molecule has 3 rings (SSSR count). The quantitative estimate of drug-likeness (QED) is 0.849. The number of nitrogens with zero attached hydrogens (tertiary/aromatic N) is 1. The third-order valence-electron chi connectivity index (χ3n) is 5.68. The van der Waals surface area contributed by atoms with E-state index in [1.54, 1.807) is 6.92 Å². The molecule has 0 aliphatic carbocycles. The summed E-state index contributed by atoms with van der Waals surface area (Å²) >= 11 is 0. The monoisotopic (exact) mass is 378 g/mol. The van der Waals surface area contributed by atoms with Crippen molar-refractivity contribution in [2.45, 2.75) is 52.6 Å². The van der Waals surface area contributed by atoms with Gasteiger partial charge in [0, 0.05) is 20.0 Å². The number of hydrogen-bond donors (Lipinski definition) is 1. The molecule has 4 heteroatoms. The van der Waals surface area contributed by atoms with Gasteiger partial charge >= 0.3 is 0 Å². The minimum absolute atomic E-state index is 0.0285. The zero-order valence-electron chi connectivity index (χ0n) is 17.1. The van der Waals surface area contributed by atoms with Crippen LogP contribution in [0, 0.1) is 12.8 Å². The highest BCUT2D eigenvalue weighted by Gasteiger charge is 2.34. The van der Waals surface area contributed by atoms with E-state index in [0.29, 0.717) is 13.1 Å². The van der Waals surface area contributed by atoms with Crippen LogP contribution in [-0.4, -0.2) is 23.3 Å². The molecule has 4 nitrogen and oxygen atoms in total. The van der Waals surface area contributed by atoms with E-state index in [2.05, 4.69) is 42.6 Å². The van der Waals surface area contributed by atoms with Crippen molar-refractivity contribution in [3.8, 4) is 0 Å². The Morgan fingerprint density at radius 1 is 1.07 bits per heavy atom. The summed E-state index contributed by atoms with van der Waals surface area (Å²) in [5, 5.41) is 3.05. The molecule has 2 atom stereocenters. The van der Waals surface area contributed by atoms with Crippen LogP contribution in [0.5, 0.6) is 0 Å². The number of carbonyl (C=O) groups is 2. The van der Waals surface area contributed by atoms with E-state index in [-0.39, 0.29) is 23.8 Å². The molecule has 0 aromatic heterocycles. The predicted molar refractivity (Wildman–Crippen MR) is 112 cm³/mol. The Morgan fingerprint density at radius 3 is 2.46 bits per heavy atom. The van der Waals surface area contributed by atoms with Gasteiger partial charge in [0.1, 0.15) is 0 Å². The summed E-state index contributed by atoms with van der Waals surface area (Å²) in [5.41, 5.74) is 4.74. The lowest BCUT2D eigenvalue weighted by atomic mass is 9.88. The molecular weight excluding hydrogens is 348 g/mol. The number of carbonyl (C=O) groups excluding carboxylic acids is 2. The zero-order valence-corrected chi connectivity index (χ0v) is 17.1. The van der Waals surface area contributed by atoms with E-state index in [0.717, 1.165) is 30.4 Å². The molecule has 2 amide bonds. The van der Waals surface area contributed by atoms with Gasteiger partial charge in [-0.15, -0.1) is 0 Å². The smallest absolute Gasteiger partial charge is 0.225 e. The first-order valence-electron chi connectivity index (χ1n) is 10.2. The maximum Gasteiger partial charge on any atom is 0.225 e. The van der Waals surface area contributed by atoms with Gasteiger partial charge < -0.3 is 10.2 Å². The highest BCUT2D eigenvalue weighted by Crippen LogP contribution is 2.33. The second-order valence-corrected chi connectivity index (χ2v) is 7.76. The summed E-state index contributed by atoms with van der Waals surface area (Å²) in [6.07, 6.45) is 2.61. The Labute approximate surface area is 167 Å². The van der Waals surface area contributed by atoms with Crippen molar-refractivity contribution in [3.05, 3.63) is 70.8 Å². The van der Waals surface area contributed by atoms with Crippen LogP contribution in [0.4, 0.5) is 0 Å². The molecular formula is C24H30N2O2. The molecule has 0 spiro atoms. The van der Waals surface area contributed by atoms with Crippen LogP contribution in [0.2, 0.25) is 0 Å². The molecule has 0 radical (unpaired) electrons. The van der Waals surface area contributed by atoms with Crippen molar-refractivity contribution in [1.82, 2.24) is 10.2 Å². The number of amides is 2. The standard InChI is InChI=1S/C24H30N2O2/c1-4-19-8-10-21(11-9-19)23-13-12-22(16-26(23)18(3)27)24(28)25-15-20-7-5-6-17(2)14-20/h5-11,14,22-23H,4,12-13,15-16H2,1-3H3,(H,25,28)/t22-,23-/m1/s1. The van der Waals surface area contributed by atoms with Gasteiger partial charge in [0.25, 0.3) is 0 Å². The van der Waals surface area contributed by atoms with Gasteiger partial charge in [0.15, 0.2) is 0 Å². The van der Waals surface area contributed by atoms with E-state index in [1.807, 2.05) is 30.0 Å². The Balaban J connectivity index is 1.64. The summed E-state index contributed by atoms with van der Waals surface area (Å²) < 4.78 is 0. The molecule has 2 aromatic carbocycles. The number of aryl methyl sites for hydroxylation is 2. The Bertz CT molecular complexity index is 829. The molecule has 1 heterocycles. The number of rotatable bonds is 5. The normalized spacial score (nSPS) is 19.3. The molecule has 1 aliphatic rings.